The van der Waals surface area contributed by atoms with Crippen LogP contribution in [0.3, 0.4) is 0 Å². The van der Waals surface area contributed by atoms with Gasteiger partial charge in [0, 0.05) is 5.92 Å². The molecule has 0 spiro atoms. The van der Waals surface area contributed by atoms with E-state index < -0.39 is 0 Å². The third-order valence-corrected chi connectivity index (χ3v) is 4.04. The van der Waals surface area contributed by atoms with E-state index in [1.807, 2.05) is 31.2 Å². The molecule has 1 aliphatic rings. The summed E-state index contributed by atoms with van der Waals surface area (Å²) in [5.41, 5.74) is 4.65. The third-order valence-electron chi connectivity index (χ3n) is 4.04. The molecule has 114 valence electrons. The van der Waals surface area contributed by atoms with Gasteiger partial charge in [-0.15, -0.1) is 0 Å². The highest BCUT2D eigenvalue weighted by Gasteiger charge is 2.20. The van der Waals surface area contributed by atoms with Gasteiger partial charge in [-0.05, 0) is 49.1 Å². The van der Waals surface area contributed by atoms with Gasteiger partial charge in [-0.3, -0.25) is 4.79 Å². The lowest BCUT2D eigenvalue weighted by Crippen LogP contribution is -2.29. The SMILES string of the molecule is CC/C(=N/NC(=O)C1CCCCC1)c1ccc(OC)cc1. The topological polar surface area (TPSA) is 50.7 Å². The fourth-order valence-corrected chi connectivity index (χ4v) is 2.71. The number of carbonyl (C=O) groups excluding carboxylic acids is 1. The number of hydrazone groups is 1. The summed E-state index contributed by atoms with van der Waals surface area (Å²) in [5, 5.41) is 4.32. The molecule has 0 aliphatic heterocycles. The van der Waals surface area contributed by atoms with Crippen LogP contribution in [0.25, 0.3) is 0 Å². The monoisotopic (exact) mass is 288 g/mol. The van der Waals surface area contributed by atoms with Crippen LogP contribution in [0.2, 0.25) is 0 Å². The number of carbonyl (C=O) groups is 1. The van der Waals surface area contributed by atoms with Crippen LogP contribution in [0.15, 0.2) is 29.4 Å². The summed E-state index contributed by atoms with van der Waals surface area (Å²) in [6, 6.07) is 7.74. The number of hydrogen-bond donors (Lipinski definition) is 1. The van der Waals surface area contributed by atoms with E-state index in [0.29, 0.717) is 0 Å². The molecule has 1 N–H and O–H groups in total. The van der Waals surface area contributed by atoms with Gasteiger partial charge in [0.05, 0.1) is 12.8 Å². The van der Waals surface area contributed by atoms with Crippen molar-refractivity contribution in [1.82, 2.24) is 5.43 Å². The highest BCUT2D eigenvalue weighted by Crippen LogP contribution is 2.23. The normalized spacial score (nSPS) is 16.6. The molecule has 4 heteroatoms. The van der Waals surface area contributed by atoms with E-state index in [1.54, 1.807) is 7.11 Å². The smallest absolute Gasteiger partial charge is 0.243 e. The van der Waals surface area contributed by atoms with Crippen LogP contribution in [0.5, 0.6) is 5.75 Å². The van der Waals surface area contributed by atoms with Crippen LogP contribution in [0.4, 0.5) is 0 Å². The van der Waals surface area contributed by atoms with Crippen molar-refractivity contribution in [3.05, 3.63) is 29.8 Å². The Hall–Kier alpha value is -1.84. The molecule has 1 saturated carbocycles. The van der Waals surface area contributed by atoms with Gasteiger partial charge in [-0.1, -0.05) is 26.2 Å². The minimum atomic E-state index is 0.0640. The van der Waals surface area contributed by atoms with E-state index in [4.69, 9.17) is 4.74 Å². The maximum Gasteiger partial charge on any atom is 0.243 e. The first-order chi connectivity index (χ1) is 10.2. The number of nitrogens with one attached hydrogen (secondary N) is 1. The lowest BCUT2D eigenvalue weighted by Gasteiger charge is -2.19. The van der Waals surface area contributed by atoms with Crippen LogP contribution >= 0.6 is 0 Å². The maximum absolute atomic E-state index is 12.1. The van der Waals surface area contributed by atoms with Crippen molar-refractivity contribution < 1.29 is 9.53 Å². The minimum absolute atomic E-state index is 0.0640. The Kier molecular flexibility index (Phi) is 5.78. The molecule has 0 atom stereocenters. The zero-order valence-corrected chi connectivity index (χ0v) is 12.9. The molecule has 1 aromatic carbocycles. The zero-order valence-electron chi connectivity index (χ0n) is 12.9. The Morgan fingerprint density at radius 3 is 2.48 bits per heavy atom. The number of ether oxygens (including phenoxy) is 1. The highest BCUT2D eigenvalue weighted by atomic mass is 16.5. The summed E-state index contributed by atoms with van der Waals surface area (Å²) in [7, 11) is 1.65. The molecule has 0 bridgehead atoms. The molecule has 21 heavy (non-hydrogen) atoms. The summed E-state index contributed by atoms with van der Waals surface area (Å²) in [6.07, 6.45) is 6.31. The van der Waals surface area contributed by atoms with E-state index in [9.17, 15) is 4.79 Å². The molecular formula is C17H24N2O2. The van der Waals surface area contributed by atoms with Crippen molar-refractivity contribution in [3.63, 3.8) is 0 Å². The van der Waals surface area contributed by atoms with E-state index in [1.165, 1.54) is 6.42 Å². The minimum Gasteiger partial charge on any atom is -0.497 e. The molecule has 0 radical (unpaired) electrons. The number of nitrogens with zero attached hydrogens (tertiary/aromatic N) is 1. The van der Waals surface area contributed by atoms with Crippen LogP contribution in [0.1, 0.15) is 51.0 Å². The van der Waals surface area contributed by atoms with Gasteiger partial charge < -0.3 is 4.74 Å². The summed E-state index contributed by atoms with van der Waals surface area (Å²) in [4.78, 5) is 12.1. The van der Waals surface area contributed by atoms with Gasteiger partial charge in [0.2, 0.25) is 5.91 Å². The van der Waals surface area contributed by atoms with E-state index in [2.05, 4.69) is 10.5 Å². The first kappa shape index (κ1) is 15.5. The predicted octanol–water partition coefficient (Wildman–Crippen LogP) is 3.51. The lowest BCUT2D eigenvalue weighted by molar-refractivity contribution is -0.125. The van der Waals surface area contributed by atoms with E-state index >= 15 is 0 Å². The van der Waals surface area contributed by atoms with Gasteiger partial charge in [0.25, 0.3) is 0 Å². The zero-order chi connectivity index (χ0) is 15.1. The van der Waals surface area contributed by atoms with Gasteiger partial charge >= 0.3 is 0 Å². The largest absolute Gasteiger partial charge is 0.497 e. The Bertz CT molecular complexity index is 488. The molecule has 0 heterocycles. The Labute approximate surface area is 126 Å². The van der Waals surface area contributed by atoms with Crippen molar-refractivity contribution in [1.29, 1.82) is 0 Å². The number of hydrogen-bond acceptors (Lipinski definition) is 3. The quantitative estimate of drug-likeness (QED) is 0.666. The van der Waals surface area contributed by atoms with Gasteiger partial charge in [-0.25, -0.2) is 5.43 Å². The number of amides is 1. The highest BCUT2D eigenvalue weighted by molar-refractivity contribution is 6.01. The molecule has 1 fully saturated rings. The summed E-state index contributed by atoms with van der Waals surface area (Å²) in [6.45, 7) is 2.04. The molecule has 1 aliphatic carbocycles. The second-order valence-corrected chi connectivity index (χ2v) is 5.45. The van der Waals surface area contributed by atoms with Crippen molar-refractivity contribution in [3.8, 4) is 5.75 Å². The molecule has 0 saturated heterocycles. The third kappa shape index (κ3) is 4.31. The number of benzene rings is 1. The number of rotatable bonds is 5. The second-order valence-electron chi connectivity index (χ2n) is 5.45. The lowest BCUT2D eigenvalue weighted by atomic mass is 9.89. The molecule has 1 amide bonds. The van der Waals surface area contributed by atoms with Gasteiger partial charge in [0.15, 0.2) is 0 Å². The number of methoxy groups -OCH3 is 1. The average molecular weight is 288 g/mol. The first-order valence-electron chi connectivity index (χ1n) is 7.75. The Morgan fingerprint density at radius 2 is 1.90 bits per heavy atom. The van der Waals surface area contributed by atoms with Crippen LogP contribution in [-0.2, 0) is 4.79 Å². The van der Waals surface area contributed by atoms with E-state index in [-0.39, 0.29) is 11.8 Å². The van der Waals surface area contributed by atoms with Crippen molar-refractivity contribution in [2.24, 2.45) is 11.0 Å². The summed E-state index contributed by atoms with van der Waals surface area (Å²) in [5.74, 6) is 1.02. The maximum atomic E-state index is 12.1. The molecular weight excluding hydrogens is 264 g/mol. The first-order valence-corrected chi connectivity index (χ1v) is 7.75. The summed E-state index contributed by atoms with van der Waals surface area (Å²) >= 11 is 0. The average Bonchev–Trinajstić information content (AvgIpc) is 2.56. The van der Waals surface area contributed by atoms with Gasteiger partial charge in [0.1, 0.15) is 5.75 Å². The summed E-state index contributed by atoms with van der Waals surface area (Å²) < 4.78 is 5.15. The molecule has 0 aromatic heterocycles. The van der Waals surface area contributed by atoms with Crippen molar-refractivity contribution >= 4 is 11.6 Å². The fraction of sp³-hybridized carbons (Fsp3) is 0.529. The van der Waals surface area contributed by atoms with Crippen molar-refractivity contribution in [2.75, 3.05) is 7.11 Å². The molecule has 1 aromatic rings. The fourth-order valence-electron chi connectivity index (χ4n) is 2.71. The Morgan fingerprint density at radius 1 is 1.24 bits per heavy atom. The van der Waals surface area contributed by atoms with Crippen LogP contribution < -0.4 is 10.2 Å². The molecule has 0 unspecified atom stereocenters. The molecule has 4 nitrogen and oxygen atoms in total. The standard InChI is InChI=1S/C17H24N2O2/c1-3-16(13-9-11-15(21-2)12-10-13)18-19-17(20)14-7-5-4-6-8-14/h9-12,14H,3-8H2,1-2H3,(H,19,20)/b18-16-. The Balaban J connectivity index is 2.00. The van der Waals surface area contributed by atoms with Crippen molar-refractivity contribution in [2.45, 2.75) is 45.4 Å². The molecule has 2 rings (SSSR count). The van der Waals surface area contributed by atoms with Crippen LogP contribution in [-0.4, -0.2) is 18.7 Å². The predicted molar refractivity (Wildman–Crippen MR) is 84.5 cm³/mol. The van der Waals surface area contributed by atoms with E-state index in [0.717, 1.165) is 49.1 Å². The second kappa shape index (κ2) is 7.81. The van der Waals surface area contributed by atoms with Gasteiger partial charge in [-0.2, -0.15) is 5.10 Å². The van der Waals surface area contributed by atoms with Crippen LogP contribution in [0, 0.1) is 5.92 Å².